The van der Waals surface area contributed by atoms with Gasteiger partial charge in [0, 0.05) is 5.56 Å². The third-order valence-corrected chi connectivity index (χ3v) is 4.13. The Morgan fingerprint density at radius 1 is 1.45 bits per heavy atom. The average molecular weight is 315 g/mol. The first-order chi connectivity index (χ1) is 10.7. The topological polar surface area (TPSA) is 48.4 Å². The van der Waals surface area contributed by atoms with Crippen molar-refractivity contribution in [3.8, 4) is 18.1 Å². The molecule has 0 spiro atoms. The number of hydrogen-bond acceptors (Lipinski definition) is 5. The van der Waals surface area contributed by atoms with Crippen LogP contribution >= 0.6 is 11.3 Å². The van der Waals surface area contributed by atoms with E-state index in [1.165, 1.54) is 11.3 Å². The molecule has 1 heterocycles. The van der Waals surface area contributed by atoms with E-state index in [0.717, 1.165) is 17.0 Å². The highest BCUT2D eigenvalue weighted by Gasteiger charge is 2.18. The van der Waals surface area contributed by atoms with Crippen molar-refractivity contribution in [3.05, 3.63) is 45.9 Å². The first kappa shape index (κ1) is 16.1. The Morgan fingerprint density at radius 3 is 2.91 bits per heavy atom. The molecular formula is C17H17NO3S. The number of terminal acetylenes is 1. The third-order valence-electron chi connectivity index (χ3n) is 3.01. The van der Waals surface area contributed by atoms with E-state index in [1.54, 1.807) is 19.2 Å². The number of carbonyl (C=O) groups excluding carboxylic acids is 1. The number of esters is 1. The van der Waals surface area contributed by atoms with E-state index in [1.807, 2.05) is 25.1 Å². The van der Waals surface area contributed by atoms with Gasteiger partial charge in [0.05, 0.1) is 11.2 Å². The van der Waals surface area contributed by atoms with Gasteiger partial charge in [-0.15, -0.1) is 17.8 Å². The molecule has 0 saturated carbocycles. The van der Waals surface area contributed by atoms with Crippen LogP contribution < -0.4 is 4.74 Å². The van der Waals surface area contributed by atoms with Crippen LogP contribution in [0.4, 0.5) is 0 Å². The molecule has 0 amide bonds. The van der Waals surface area contributed by atoms with E-state index in [4.69, 9.17) is 15.9 Å². The zero-order valence-electron chi connectivity index (χ0n) is 12.5. The van der Waals surface area contributed by atoms with Crippen molar-refractivity contribution in [3.63, 3.8) is 0 Å². The second kappa shape index (κ2) is 7.62. The van der Waals surface area contributed by atoms with Crippen LogP contribution in [0.15, 0.2) is 30.5 Å². The predicted molar refractivity (Wildman–Crippen MR) is 86.1 cm³/mol. The maximum atomic E-state index is 12.2. The molecule has 1 aromatic carbocycles. The fourth-order valence-electron chi connectivity index (χ4n) is 1.92. The molecule has 5 heteroatoms. The number of benzene rings is 1. The zero-order chi connectivity index (χ0) is 15.9. The lowest BCUT2D eigenvalue weighted by Crippen LogP contribution is -2.09. The number of para-hydroxylation sites is 1. The zero-order valence-corrected chi connectivity index (χ0v) is 13.4. The Balaban J connectivity index is 2.10. The van der Waals surface area contributed by atoms with Crippen LogP contribution in [0.1, 0.15) is 40.2 Å². The highest BCUT2D eigenvalue weighted by Crippen LogP contribution is 2.28. The van der Waals surface area contributed by atoms with E-state index in [2.05, 4.69) is 10.9 Å². The van der Waals surface area contributed by atoms with Gasteiger partial charge < -0.3 is 9.47 Å². The minimum Gasteiger partial charge on any atom is -0.481 e. The molecule has 114 valence electrons. The summed E-state index contributed by atoms with van der Waals surface area (Å²) >= 11 is 1.35. The number of carbonyl (C=O) groups is 1. The molecule has 2 rings (SSSR count). The van der Waals surface area contributed by atoms with Crippen molar-refractivity contribution in [1.29, 1.82) is 0 Å². The van der Waals surface area contributed by atoms with Gasteiger partial charge in [0.15, 0.2) is 0 Å². The minimum atomic E-state index is -0.436. The van der Waals surface area contributed by atoms with Gasteiger partial charge in [-0.25, -0.2) is 9.78 Å². The highest BCUT2D eigenvalue weighted by molar-refractivity contribution is 7.13. The second-order valence-electron chi connectivity index (χ2n) is 4.55. The van der Waals surface area contributed by atoms with Gasteiger partial charge in [0.1, 0.15) is 23.3 Å². The van der Waals surface area contributed by atoms with E-state index < -0.39 is 6.10 Å². The minimum absolute atomic E-state index is 0.173. The van der Waals surface area contributed by atoms with Crippen LogP contribution in [-0.2, 0) is 11.2 Å². The molecule has 0 aliphatic rings. The standard InChI is InChI=1S/C17H17NO3S/c1-4-10-20-14-9-7-6-8-13(14)12(3)21-17(19)15-11-18-16(5-2)22-15/h1,6-9,11-12H,5,10H2,2-3H3. The van der Waals surface area contributed by atoms with Crippen molar-refractivity contribution in [2.75, 3.05) is 6.61 Å². The molecule has 0 bridgehead atoms. The fourth-order valence-corrected chi connectivity index (χ4v) is 2.66. The Morgan fingerprint density at radius 2 is 2.23 bits per heavy atom. The Hall–Kier alpha value is -2.32. The van der Waals surface area contributed by atoms with Crippen LogP contribution in [0.5, 0.6) is 5.75 Å². The van der Waals surface area contributed by atoms with E-state index in [9.17, 15) is 4.79 Å². The summed E-state index contributed by atoms with van der Waals surface area (Å²) in [7, 11) is 0. The average Bonchev–Trinajstić information content (AvgIpc) is 3.02. The smallest absolute Gasteiger partial charge is 0.350 e. The molecule has 0 aliphatic carbocycles. The molecular weight excluding hydrogens is 298 g/mol. The molecule has 0 aliphatic heterocycles. The monoisotopic (exact) mass is 315 g/mol. The Bertz CT molecular complexity index is 687. The molecule has 0 saturated heterocycles. The number of hydrogen-bond donors (Lipinski definition) is 0. The fraction of sp³-hybridized carbons (Fsp3) is 0.294. The first-order valence-corrected chi connectivity index (χ1v) is 7.78. The summed E-state index contributed by atoms with van der Waals surface area (Å²) in [6.45, 7) is 3.97. The summed E-state index contributed by atoms with van der Waals surface area (Å²) in [5.74, 6) is 2.67. The first-order valence-electron chi connectivity index (χ1n) is 6.96. The van der Waals surface area contributed by atoms with Crippen LogP contribution in [0.3, 0.4) is 0 Å². The number of aromatic nitrogens is 1. The van der Waals surface area contributed by atoms with Crippen LogP contribution in [0.2, 0.25) is 0 Å². The molecule has 1 unspecified atom stereocenters. The van der Waals surface area contributed by atoms with Gasteiger partial charge >= 0.3 is 5.97 Å². The van der Waals surface area contributed by atoms with Gasteiger partial charge in [-0.3, -0.25) is 0 Å². The van der Waals surface area contributed by atoms with Crippen molar-refractivity contribution in [2.24, 2.45) is 0 Å². The maximum absolute atomic E-state index is 12.2. The lowest BCUT2D eigenvalue weighted by molar-refractivity contribution is 0.0338. The normalized spacial score (nSPS) is 11.5. The molecule has 1 atom stereocenters. The molecule has 1 aromatic heterocycles. The van der Waals surface area contributed by atoms with Gasteiger partial charge in [0.2, 0.25) is 0 Å². The SMILES string of the molecule is C#CCOc1ccccc1C(C)OC(=O)c1cnc(CC)s1. The lowest BCUT2D eigenvalue weighted by atomic mass is 10.1. The third kappa shape index (κ3) is 3.86. The summed E-state index contributed by atoms with van der Waals surface area (Å²) in [6.07, 6.45) is 7.13. The number of rotatable bonds is 6. The van der Waals surface area contributed by atoms with Gasteiger partial charge in [-0.2, -0.15) is 0 Å². The Labute approximate surface area is 134 Å². The number of aryl methyl sites for hydroxylation is 1. The van der Waals surface area contributed by atoms with Crippen LogP contribution in [-0.4, -0.2) is 17.6 Å². The second-order valence-corrected chi connectivity index (χ2v) is 5.67. The number of thiazole rings is 1. The maximum Gasteiger partial charge on any atom is 0.350 e. The molecule has 2 aromatic rings. The predicted octanol–water partition coefficient (Wildman–Crippen LogP) is 3.64. The summed E-state index contributed by atoms with van der Waals surface area (Å²) in [4.78, 5) is 16.8. The molecule has 4 nitrogen and oxygen atoms in total. The summed E-state index contributed by atoms with van der Waals surface area (Å²) in [5.41, 5.74) is 0.784. The van der Waals surface area contributed by atoms with E-state index in [-0.39, 0.29) is 12.6 Å². The quantitative estimate of drug-likeness (QED) is 0.603. The summed E-state index contributed by atoms with van der Waals surface area (Å²) in [5, 5.41) is 0.914. The largest absolute Gasteiger partial charge is 0.481 e. The molecule has 22 heavy (non-hydrogen) atoms. The van der Waals surface area contributed by atoms with Gasteiger partial charge in [-0.1, -0.05) is 31.0 Å². The Kier molecular flexibility index (Phi) is 5.56. The number of nitrogens with zero attached hydrogens (tertiary/aromatic N) is 1. The van der Waals surface area contributed by atoms with Crippen molar-refractivity contribution < 1.29 is 14.3 Å². The molecule has 0 fully saturated rings. The lowest BCUT2D eigenvalue weighted by Gasteiger charge is -2.16. The van der Waals surface area contributed by atoms with Crippen molar-refractivity contribution >= 4 is 17.3 Å². The van der Waals surface area contributed by atoms with Crippen molar-refractivity contribution in [1.82, 2.24) is 4.98 Å². The molecule has 0 radical (unpaired) electrons. The summed E-state index contributed by atoms with van der Waals surface area (Å²) < 4.78 is 11.0. The van der Waals surface area contributed by atoms with Gasteiger partial charge in [-0.05, 0) is 19.4 Å². The van der Waals surface area contributed by atoms with Crippen LogP contribution in [0, 0.1) is 12.3 Å². The highest BCUT2D eigenvalue weighted by atomic mass is 32.1. The van der Waals surface area contributed by atoms with Crippen LogP contribution in [0.25, 0.3) is 0 Å². The number of ether oxygens (including phenoxy) is 2. The van der Waals surface area contributed by atoms with Gasteiger partial charge in [0.25, 0.3) is 0 Å². The summed E-state index contributed by atoms with van der Waals surface area (Å²) in [6, 6.07) is 7.37. The molecule has 0 N–H and O–H groups in total. The van der Waals surface area contributed by atoms with Crippen molar-refractivity contribution in [2.45, 2.75) is 26.4 Å². The van der Waals surface area contributed by atoms with E-state index in [0.29, 0.717) is 10.6 Å². The van der Waals surface area contributed by atoms with E-state index >= 15 is 0 Å².